The van der Waals surface area contributed by atoms with E-state index < -0.39 is 0 Å². The zero-order chi connectivity index (χ0) is 13.5. The molecule has 1 aromatic carbocycles. The van der Waals surface area contributed by atoms with Crippen LogP contribution in [-0.4, -0.2) is 19.6 Å². The van der Waals surface area contributed by atoms with Crippen molar-refractivity contribution in [1.82, 2.24) is 0 Å². The Morgan fingerprint density at radius 3 is 2.72 bits per heavy atom. The Morgan fingerprint density at radius 1 is 1.44 bits per heavy atom. The van der Waals surface area contributed by atoms with Crippen LogP contribution < -0.4 is 11.1 Å². The Kier molecular flexibility index (Phi) is 5.82. The Bertz CT molecular complexity index is 391. The minimum Gasteiger partial charge on any atom is -0.380 e. The summed E-state index contributed by atoms with van der Waals surface area (Å²) in [5.41, 5.74) is 7.44. The predicted molar refractivity (Wildman–Crippen MR) is 73.2 cm³/mol. The number of nitrogens with two attached hydrogens (primary N) is 1. The molecule has 0 aliphatic heterocycles. The maximum Gasteiger partial charge on any atom is 0.229 e. The van der Waals surface area contributed by atoms with Crippen LogP contribution in [0.1, 0.15) is 19.4 Å². The molecule has 18 heavy (non-hydrogen) atoms. The van der Waals surface area contributed by atoms with E-state index in [2.05, 4.69) is 5.32 Å². The van der Waals surface area contributed by atoms with Crippen LogP contribution >= 0.6 is 0 Å². The number of benzene rings is 1. The molecule has 0 bridgehead atoms. The van der Waals surface area contributed by atoms with Gasteiger partial charge in [-0.15, -0.1) is 0 Å². The summed E-state index contributed by atoms with van der Waals surface area (Å²) >= 11 is 0. The average molecular weight is 250 g/mol. The monoisotopic (exact) mass is 250 g/mol. The lowest BCUT2D eigenvalue weighted by Crippen LogP contribution is -2.33. The maximum atomic E-state index is 12.0. The molecule has 1 aromatic rings. The minimum atomic E-state index is -0.156. The van der Waals surface area contributed by atoms with E-state index in [1.54, 1.807) is 7.11 Å². The van der Waals surface area contributed by atoms with E-state index >= 15 is 0 Å². The molecule has 1 amide bonds. The lowest BCUT2D eigenvalue weighted by Gasteiger charge is -2.18. The molecule has 0 saturated carbocycles. The minimum absolute atomic E-state index is 0.0259. The summed E-state index contributed by atoms with van der Waals surface area (Å²) in [5.74, 6) is 0.0512. The molecule has 4 nitrogen and oxygen atoms in total. The van der Waals surface area contributed by atoms with Gasteiger partial charge in [-0.1, -0.05) is 26.0 Å². The number of ether oxygens (including phenoxy) is 1. The van der Waals surface area contributed by atoms with Gasteiger partial charge in [-0.25, -0.2) is 0 Å². The second kappa shape index (κ2) is 7.13. The van der Waals surface area contributed by atoms with Gasteiger partial charge in [-0.3, -0.25) is 4.79 Å². The number of methoxy groups -OCH3 is 1. The van der Waals surface area contributed by atoms with Gasteiger partial charge < -0.3 is 15.8 Å². The van der Waals surface area contributed by atoms with Gasteiger partial charge in [0.05, 0.1) is 12.5 Å². The second-order valence-corrected chi connectivity index (χ2v) is 4.71. The van der Waals surface area contributed by atoms with Crippen molar-refractivity contribution in [3.05, 3.63) is 29.8 Å². The first kappa shape index (κ1) is 14.7. The van der Waals surface area contributed by atoms with Crippen molar-refractivity contribution in [2.24, 2.45) is 17.6 Å². The SMILES string of the molecule is COCc1cccc(NC(=O)C(CN)C(C)C)c1. The van der Waals surface area contributed by atoms with Crippen LogP contribution in [0.25, 0.3) is 0 Å². The van der Waals surface area contributed by atoms with Gasteiger partial charge in [0.25, 0.3) is 0 Å². The van der Waals surface area contributed by atoms with Crippen LogP contribution in [-0.2, 0) is 16.1 Å². The van der Waals surface area contributed by atoms with Crippen LogP contribution in [0, 0.1) is 11.8 Å². The third-order valence-corrected chi connectivity index (χ3v) is 2.90. The number of amides is 1. The molecular weight excluding hydrogens is 228 g/mol. The molecule has 100 valence electrons. The predicted octanol–water partition coefficient (Wildman–Crippen LogP) is 2.00. The summed E-state index contributed by atoms with van der Waals surface area (Å²) < 4.78 is 5.06. The Hall–Kier alpha value is -1.39. The van der Waals surface area contributed by atoms with Crippen molar-refractivity contribution in [1.29, 1.82) is 0 Å². The van der Waals surface area contributed by atoms with Crippen LogP contribution in [0.5, 0.6) is 0 Å². The average Bonchev–Trinajstić information content (AvgIpc) is 2.30. The number of hydrogen-bond acceptors (Lipinski definition) is 3. The first-order valence-electron chi connectivity index (χ1n) is 6.17. The first-order chi connectivity index (χ1) is 8.58. The second-order valence-electron chi connectivity index (χ2n) is 4.71. The highest BCUT2D eigenvalue weighted by atomic mass is 16.5. The molecule has 0 heterocycles. The molecule has 3 N–H and O–H groups in total. The molecule has 4 heteroatoms. The molecule has 0 aliphatic rings. The summed E-state index contributed by atoms with van der Waals surface area (Å²) in [6, 6.07) is 7.64. The Morgan fingerprint density at radius 2 is 2.17 bits per heavy atom. The van der Waals surface area contributed by atoms with Gasteiger partial charge >= 0.3 is 0 Å². The number of carbonyl (C=O) groups excluding carboxylic acids is 1. The van der Waals surface area contributed by atoms with E-state index in [4.69, 9.17) is 10.5 Å². The molecule has 0 radical (unpaired) electrons. The van der Waals surface area contributed by atoms with Crippen LogP contribution in [0.4, 0.5) is 5.69 Å². The van der Waals surface area contributed by atoms with Crippen molar-refractivity contribution in [2.45, 2.75) is 20.5 Å². The standard InChI is InChI=1S/C14H22N2O2/c1-10(2)13(8-15)14(17)16-12-6-4-5-11(7-12)9-18-3/h4-7,10,13H,8-9,15H2,1-3H3,(H,16,17). The highest BCUT2D eigenvalue weighted by molar-refractivity contribution is 5.92. The molecule has 0 spiro atoms. The first-order valence-corrected chi connectivity index (χ1v) is 6.17. The molecule has 0 saturated heterocycles. The fourth-order valence-electron chi connectivity index (χ4n) is 1.82. The molecular formula is C14H22N2O2. The fraction of sp³-hybridized carbons (Fsp3) is 0.500. The number of carbonyl (C=O) groups is 1. The van der Waals surface area contributed by atoms with Crippen LogP contribution in [0.3, 0.4) is 0 Å². The van der Waals surface area contributed by atoms with Crippen molar-refractivity contribution >= 4 is 11.6 Å². The summed E-state index contributed by atoms with van der Waals surface area (Å²) in [4.78, 5) is 12.0. The van der Waals surface area contributed by atoms with E-state index in [1.165, 1.54) is 0 Å². The van der Waals surface area contributed by atoms with Crippen molar-refractivity contribution < 1.29 is 9.53 Å². The van der Waals surface area contributed by atoms with E-state index in [-0.39, 0.29) is 17.7 Å². The van der Waals surface area contributed by atoms with Crippen molar-refractivity contribution in [3.63, 3.8) is 0 Å². The molecule has 0 aromatic heterocycles. The van der Waals surface area contributed by atoms with E-state index in [9.17, 15) is 4.79 Å². The van der Waals surface area contributed by atoms with Gasteiger partial charge in [-0.2, -0.15) is 0 Å². The fourth-order valence-corrected chi connectivity index (χ4v) is 1.82. The Balaban J connectivity index is 2.71. The number of rotatable bonds is 6. The highest BCUT2D eigenvalue weighted by Crippen LogP contribution is 2.15. The third-order valence-electron chi connectivity index (χ3n) is 2.90. The summed E-state index contributed by atoms with van der Waals surface area (Å²) in [5, 5.41) is 2.90. The molecule has 1 unspecified atom stereocenters. The van der Waals surface area contributed by atoms with Gasteiger partial charge in [0.1, 0.15) is 0 Å². The molecule has 0 aliphatic carbocycles. The summed E-state index contributed by atoms with van der Waals surface area (Å²) in [6.07, 6.45) is 0. The molecule has 1 atom stereocenters. The van der Waals surface area contributed by atoms with E-state index in [0.717, 1.165) is 11.3 Å². The van der Waals surface area contributed by atoms with E-state index in [0.29, 0.717) is 13.2 Å². The lowest BCUT2D eigenvalue weighted by molar-refractivity contribution is -0.120. The quantitative estimate of drug-likeness (QED) is 0.811. The maximum absolute atomic E-state index is 12.0. The number of nitrogens with one attached hydrogen (secondary N) is 1. The highest BCUT2D eigenvalue weighted by Gasteiger charge is 2.20. The summed E-state index contributed by atoms with van der Waals surface area (Å²) in [6.45, 7) is 4.90. The normalized spacial score (nSPS) is 12.5. The summed E-state index contributed by atoms with van der Waals surface area (Å²) in [7, 11) is 1.65. The van der Waals surface area contributed by atoms with Crippen LogP contribution in [0.2, 0.25) is 0 Å². The zero-order valence-electron chi connectivity index (χ0n) is 11.3. The number of hydrogen-bond donors (Lipinski definition) is 2. The molecule has 1 rings (SSSR count). The lowest BCUT2D eigenvalue weighted by atomic mass is 9.95. The van der Waals surface area contributed by atoms with Crippen molar-refractivity contribution in [2.75, 3.05) is 19.0 Å². The van der Waals surface area contributed by atoms with Gasteiger partial charge in [-0.05, 0) is 23.6 Å². The largest absolute Gasteiger partial charge is 0.380 e. The molecule has 0 fully saturated rings. The Labute approximate surface area is 109 Å². The number of anilines is 1. The smallest absolute Gasteiger partial charge is 0.229 e. The van der Waals surface area contributed by atoms with E-state index in [1.807, 2.05) is 38.1 Å². The zero-order valence-corrected chi connectivity index (χ0v) is 11.3. The van der Waals surface area contributed by atoms with Gasteiger partial charge in [0.2, 0.25) is 5.91 Å². The van der Waals surface area contributed by atoms with Crippen molar-refractivity contribution in [3.8, 4) is 0 Å². The topological polar surface area (TPSA) is 64.3 Å². The van der Waals surface area contributed by atoms with Crippen LogP contribution in [0.15, 0.2) is 24.3 Å². The van der Waals surface area contributed by atoms with Gasteiger partial charge in [0, 0.05) is 19.3 Å². The van der Waals surface area contributed by atoms with Gasteiger partial charge in [0.15, 0.2) is 0 Å². The third kappa shape index (κ3) is 4.13.